The SMILES string of the molecule is Clc1cccc(-c2cnn3c(Cl)cc(Cl)nc23)c1. The van der Waals surface area contributed by atoms with Crippen LogP contribution in [0.4, 0.5) is 0 Å². The van der Waals surface area contributed by atoms with Crippen molar-refractivity contribution in [3.8, 4) is 11.1 Å². The van der Waals surface area contributed by atoms with Gasteiger partial charge in [0.2, 0.25) is 0 Å². The maximum Gasteiger partial charge on any atom is 0.166 e. The van der Waals surface area contributed by atoms with Gasteiger partial charge in [-0.2, -0.15) is 5.10 Å². The van der Waals surface area contributed by atoms with Gasteiger partial charge in [-0.15, -0.1) is 0 Å². The van der Waals surface area contributed by atoms with Crippen LogP contribution in [0.15, 0.2) is 36.5 Å². The molecule has 0 saturated heterocycles. The Bertz CT molecular complexity index is 737. The maximum atomic E-state index is 6.04. The molecule has 1 aromatic carbocycles. The smallest absolute Gasteiger partial charge is 0.166 e. The molecule has 6 heteroatoms. The molecule has 0 atom stereocenters. The van der Waals surface area contributed by atoms with Gasteiger partial charge in [0.1, 0.15) is 10.3 Å². The van der Waals surface area contributed by atoms with E-state index in [1.54, 1.807) is 12.3 Å². The molecule has 0 bridgehead atoms. The largest absolute Gasteiger partial charge is 0.216 e. The van der Waals surface area contributed by atoms with E-state index < -0.39 is 0 Å². The second-order valence-corrected chi connectivity index (χ2v) is 4.92. The van der Waals surface area contributed by atoms with E-state index in [-0.39, 0.29) is 0 Å². The van der Waals surface area contributed by atoms with Crippen molar-refractivity contribution in [2.24, 2.45) is 0 Å². The van der Waals surface area contributed by atoms with Crippen molar-refractivity contribution in [2.45, 2.75) is 0 Å². The standard InChI is InChI=1S/C12H6Cl3N3/c13-8-3-1-2-7(4-8)9-6-16-18-11(15)5-10(14)17-12(9)18/h1-6H. The first-order valence-corrected chi connectivity index (χ1v) is 6.24. The van der Waals surface area contributed by atoms with Crippen LogP contribution in [-0.2, 0) is 0 Å². The van der Waals surface area contributed by atoms with Crippen LogP contribution in [0, 0.1) is 0 Å². The number of nitrogens with zero attached hydrogens (tertiary/aromatic N) is 3. The molecule has 3 nitrogen and oxygen atoms in total. The summed E-state index contributed by atoms with van der Waals surface area (Å²) in [5, 5.41) is 5.58. The zero-order valence-corrected chi connectivity index (χ0v) is 11.2. The van der Waals surface area contributed by atoms with Crippen molar-refractivity contribution < 1.29 is 0 Å². The van der Waals surface area contributed by atoms with Crippen molar-refractivity contribution in [2.75, 3.05) is 0 Å². The van der Waals surface area contributed by atoms with Gasteiger partial charge in [0, 0.05) is 16.7 Å². The summed E-state index contributed by atoms with van der Waals surface area (Å²) in [5.74, 6) is 0. The lowest BCUT2D eigenvalue weighted by Crippen LogP contribution is -1.92. The van der Waals surface area contributed by atoms with E-state index in [2.05, 4.69) is 10.1 Å². The molecule has 3 rings (SSSR count). The van der Waals surface area contributed by atoms with E-state index in [0.29, 0.717) is 21.0 Å². The first-order valence-electron chi connectivity index (χ1n) is 5.11. The fraction of sp³-hybridized carbons (Fsp3) is 0. The van der Waals surface area contributed by atoms with Crippen LogP contribution < -0.4 is 0 Å². The summed E-state index contributed by atoms with van der Waals surface area (Å²) in [6, 6.07) is 9.00. The Morgan fingerprint density at radius 1 is 1.06 bits per heavy atom. The van der Waals surface area contributed by atoms with Crippen molar-refractivity contribution in [3.63, 3.8) is 0 Å². The summed E-state index contributed by atoms with van der Waals surface area (Å²) in [6.07, 6.45) is 1.69. The Balaban J connectivity index is 2.30. The second kappa shape index (κ2) is 4.43. The van der Waals surface area contributed by atoms with Gasteiger partial charge >= 0.3 is 0 Å². The number of benzene rings is 1. The van der Waals surface area contributed by atoms with Gasteiger partial charge in [-0.1, -0.05) is 46.9 Å². The van der Waals surface area contributed by atoms with Gasteiger partial charge in [-0.3, -0.25) is 0 Å². The highest BCUT2D eigenvalue weighted by Gasteiger charge is 2.11. The number of aromatic nitrogens is 3. The Kier molecular flexibility index (Phi) is 2.90. The van der Waals surface area contributed by atoms with Crippen LogP contribution in [0.3, 0.4) is 0 Å². The summed E-state index contributed by atoms with van der Waals surface area (Å²) in [5.41, 5.74) is 2.36. The molecule has 0 N–H and O–H groups in total. The molecule has 0 spiro atoms. The maximum absolute atomic E-state index is 6.04. The van der Waals surface area contributed by atoms with Crippen LogP contribution in [-0.4, -0.2) is 14.6 Å². The predicted molar refractivity (Wildman–Crippen MR) is 73.5 cm³/mol. The molecule has 0 amide bonds. The van der Waals surface area contributed by atoms with E-state index in [9.17, 15) is 0 Å². The van der Waals surface area contributed by atoms with Crippen molar-refractivity contribution in [1.82, 2.24) is 14.6 Å². The van der Waals surface area contributed by atoms with E-state index in [1.165, 1.54) is 4.52 Å². The van der Waals surface area contributed by atoms with Crippen molar-refractivity contribution >= 4 is 40.4 Å². The molecule has 0 unspecified atom stereocenters. The molecule has 2 heterocycles. The topological polar surface area (TPSA) is 30.2 Å². The predicted octanol–water partition coefficient (Wildman–Crippen LogP) is 4.36. The third-order valence-electron chi connectivity index (χ3n) is 2.53. The minimum atomic E-state index is 0.330. The highest BCUT2D eigenvalue weighted by atomic mass is 35.5. The number of fused-ring (bicyclic) bond motifs is 1. The van der Waals surface area contributed by atoms with Gasteiger partial charge < -0.3 is 0 Å². The molecule has 0 aliphatic heterocycles. The number of hydrogen-bond donors (Lipinski definition) is 0. The number of halogens is 3. The zero-order valence-electron chi connectivity index (χ0n) is 8.94. The van der Waals surface area contributed by atoms with Crippen LogP contribution in [0.2, 0.25) is 15.3 Å². The summed E-state index contributed by atoms with van der Waals surface area (Å²) in [4.78, 5) is 4.24. The highest BCUT2D eigenvalue weighted by molar-refractivity contribution is 6.33. The first-order chi connectivity index (χ1) is 8.65. The lowest BCUT2D eigenvalue weighted by Gasteiger charge is -2.01. The van der Waals surface area contributed by atoms with E-state index in [0.717, 1.165) is 11.1 Å². The molecular weight excluding hydrogens is 293 g/mol. The monoisotopic (exact) mass is 297 g/mol. The summed E-state index contributed by atoms with van der Waals surface area (Å²) in [6.45, 7) is 0. The van der Waals surface area contributed by atoms with Gasteiger partial charge in [-0.25, -0.2) is 9.50 Å². The quantitative estimate of drug-likeness (QED) is 0.625. The van der Waals surface area contributed by atoms with Crippen LogP contribution >= 0.6 is 34.8 Å². The Hall–Kier alpha value is -1.29. The Morgan fingerprint density at radius 3 is 2.67 bits per heavy atom. The van der Waals surface area contributed by atoms with Gasteiger partial charge in [0.25, 0.3) is 0 Å². The Labute approximate surface area is 118 Å². The fourth-order valence-corrected chi connectivity index (χ4v) is 2.42. The van der Waals surface area contributed by atoms with Gasteiger partial charge in [-0.05, 0) is 17.7 Å². The van der Waals surface area contributed by atoms with Crippen molar-refractivity contribution in [3.05, 3.63) is 51.9 Å². The zero-order chi connectivity index (χ0) is 12.7. The van der Waals surface area contributed by atoms with Gasteiger partial charge in [0.15, 0.2) is 5.65 Å². The highest BCUT2D eigenvalue weighted by Crippen LogP contribution is 2.28. The average molecular weight is 299 g/mol. The second-order valence-electron chi connectivity index (χ2n) is 3.71. The van der Waals surface area contributed by atoms with Crippen LogP contribution in [0.1, 0.15) is 0 Å². The molecule has 2 aromatic heterocycles. The first kappa shape index (κ1) is 11.8. The van der Waals surface area contributed by atoms with Crippen LogP contribution in [0.25, 0.3) is 16.8 Å². The molecule has 0 saturated carbocycles. The molecular formula is C12H6Cl3N3. The summed E-state index contributed by atoms with van der Waals surface area (Å²) >= 11 is 17.9. The molecule has 0 radical (unpaired) electrons. The third kappa shape index (κ3) is 1.94. The van der Waals surface area contributed by atoms with E-state index in [4.69, 9.17) is 34.8 Å². The molecule has 18 heavy (non-hydrogen) atoms. The molecule has 90 valence electrons. The van der Waals surface area contributed by atoms with E-state index in [1.807, 2.05) is 24.3 Å². The summed E-state index contributed by atoms with van der Waals surface area (Å²) < 4.78 is 1.53. The minimum Gasteiger partial charge on any atom is -0.216 e. The lowest BCUT2D eigenvalue weighted by atomic mass is 10.1. The molecule has 3 aromatic rings. The third-order valence-corrected chi connectivity index (χ3v) is 3.23. The Morgan fingerprint density at radius 2 is 1.89 bits per heavy atom. The van der Waals surface area contributed by atoms with E-state index >= 15 is 0 Å². The van der Waals surface area contributed by atoms with Crippen molar-refractivity contribution in [1.29, 1.82) is 0 Å². The molecule has 0 fully saturated rings. The number of rotatable bonds is 1. The lowest BCUT2D eigenvalue weighted by molar-refractivity contribution is 0.940. The molecule has 0 aliphatic rings. The summed E-state index contributed by atoms with van der Waals surface area (Å²) in [7, 11) is 0. The van der Waals surface area contributed by atoms with Gasteiger partial charge in [0.05, 0.1) is 6.20 Å². The minimum absolute atomic E-state index is 0.330. The fourth-order valence-electron chi connectivity index (χ4n) is 1.76. The number of hydrogen-bond acceptors (Lipinski definition) is 2. The van der Waals surface area contributed by atoms with Crippen LogP contribution in [0.5, 0.6) is 0 Å². The molecule has 0 aliphatic carbocycles. The normalized spacial score (nSPS) is 11.1. The average Bonchev–Trinajstić information content (AvgIpc) is 2.72.